The van der Waals surface area contributed by atoms with Gasteiger partial charge in [0.05, 0.1) is 6.61 Å². The zero-order valence-electron chi connectivity index (χ0n) is 9.25. The van der Waals surface area contributed by atoms with Crippen molar-refractivity contribution in [2.24, 2.45) is 0 Å². The lowest BCUT2D eigenvalue weighted by atomic mass is 10.2. The standard InChI is InChI=1S/C12H13BrN2O/c1-3-16-10-6-4-9(5-7-10)11-12(13)15-8(2)14-11/h4-7H,3H2,1-2H3,(H,14,15). The maximum atomic E-state index is 5.39. The van der Waals surface area contributed by atoms with E-state index in [-0.39, 0.29) is 0 Å². The number of halogens is 1. The highest BCUT2D eigenvalue weighted by Crippen LogP contribution is 2.27. The lowest BCUT2D eigenvalue weighted by Crippen LogP contribution is -1.90. The Kier molecular flexibility index (Phi) is 3.29. The average Bonchev–Trinajstić information content (AvgIpc) is 2.59. The fraction of sp³-hybridized carbons (Fsp3) is 0.250. The summed E-state index contributed by atoms with van der Waals surface area (Å²) in [7, 11) is 0. The minimum absolute atomic E-state index is 0.685. The Morgan fingerprint density at radius 2 is 2.00 bits per heavy atom. The number of imidazole rings is 1. The lowest BCUT2D eigenvalue weighted by molar-refractivity contribution is 0.340. The van der Waals surface area contributed by atoms with Crippen LogP contribution in [0.5, 0.6) is 5.75 Å². The molecule has 0 fully saturated rings. The summed E-state index contributed by atoms with van der Waals surface area (Å²) in [4.78, 5) is 7.53. The summed E-state index contributed by atoms with van der Waals surface area (Å²) in [5.41, 5.74) is 2.00. The molecule has 1 aromatic heterocycles. The van der Waals surface area contributed by atoms with Crippen molar-refractivity contribution >= 4 is 15.9 Å². The first kappa shape index (κ1) is 11.2. The SMILES string of the molecule is CCOc1ccc(-c2nc(C)[nH]c2Br)cc1. The van der Waals surface area contributed by atoms with Gasteiger partial charge in [-0.1, -0.05) is 0 Å². The molecule has 0 aliphatic carbocycles. The van der Waals surface area contributed by atoms with Crippen LogP contribution < -0.4 is 4.74 Å². The minimum atomic E-state index is 0.685. The molecule has 1 heterocycles. The number of hydrogen-bond acceptors (Lipinski definition) is 2. The van der Waals surface area contributed by atoms with Crippen LogP contribution in [0.2, 0.25) is 0 Å². The molecule has 2 rings (SSSR count). The number of H-pyrrole nitrogens is 1. The van der Waals surface area contributed by atoms with E-state index < -0.39 is 0 Å². The van der Waals surface area contributed by atoms with Crippen molar-refractivity contribution < 1.29 is 4.74 Å². The molecule has 0 saturated carbocycles. The van der Waals surface area contributed by atoms with E-state index in [2.05, 4.69) is 25.9 Å². The van der Waals surface area contributed by atoms with E-state index in [1.54, 1.807) is 0 Å². The van der Waals surface area contributed by atoms with Crippen molar-refractivity contribution in [1.82, 2.24) is 9.97 Å². The number of ether oxygens (including phenoxy) is 1. The first-order chi connectivity index (χ1) is 7.70. The third-order valence-electron chi connectivity index (χ3n) is 2.22. The average molecular weight is 281 g/mol. The van der Waals surface area contributed by atoms with Crippen molar-refractivity contribution in [2.45, 2.75) is 13.8 Å². The van der Waals surface area contributed by atoms with Gasteiger partial charge in [-0.05, 0) is 54.0 Å². The summed E-state index contributed by atoms with van der Waals surface area (Å²) in [5.74, 6) is 1.78. The second-order valence-electron chi connectivity index (χ2n) is 3.44. The summed E-state index contributed by atoms with van der Waals surface area (Å²) in [6, 6.07) is 7.92. The maximum absolute atomic E-state index is 5.39. The van der Waals surface area contributed by atoms with Crippen molar-refractivity contribution in [1.29, 1.82) is 0 Å². The molecule has 4 heteroatoms. The van der Waals surface area contributed by atoms with Crippen LogP contribution in [0.1, 0.15) is 12.7 Å². The van der Waals surface area contributed by atoms with E-state index in [0.717, 1.165) is 27.4 Å². The monoisotopic (exact) mass is 280 g/mol. The molecular formula is C12H13BrN2O. The molecule has 0 aliphatic heterocycles. The second kappa shape index (κ2) is 4.70. The molecule has 0 radical (unpaired) electrons. The molecular weight excluding hydrogens is 268 g/mol. The van der Waals surface area contributed by atoms with Crippen LogP contribution in [0.25, 0.3) is 11.3 Å². The minimum Gasteiger partial charge on any atom is -0.494 e. The molecule has 3 nitrogen and oxygen atoms in total. The first-order valence-electron chi connectivity index (χ1n) is 5.16. The van der Waals surface area contributed by atoms with E-state index >= 15 is 0 Å². The van der Waals surface area contributed by atoms with Crippen molar-refractivity contribution in [3.8, 4) is 17.0 Å². The summed E-state index contributed by atoms with van der Waals surface area (Å²) in [6.45, 7) is 4.59. The Balaban J connectivity index is 2.31. The number of hydrogen-bond donors (Lipinski definition) is 1. The van der Waals surface area contributed by atoms with Gasteiger partial charge in [-0.15, -0.1) is 0 Å². The molecule has 0 spiro atoms. The Bertz CT molecular complexity index is 476. The highest BCUT2D eigenvalue weighted by Gasteiger charge is 2.07. The van der Waals surface area contributed by atoms with Crippen LogP contribution in [0, 0.1) is 6.92 Å². The number of aromatic nitrogens is 2. The summed E-state index contributed by atoms with van der Waals surface area (Å²) in [6.07, 6.45) is 0. The van der Waals surface area contributed by atoms with Crippen LogP contribution in [0.15, 0.2) is 28.9 Å². The quantitative estimate of drug-likeness (QED) is 0.934. The molecule has 0 bridgehead atoms. The normalized spacial score (nSPS) is 10.4. The Morgan fingerprint density at radius 1 is 1.31 bits per heavy atom. The first-order valence-corrected chi connectivity index (χ1v) is 5.95. The van der Waals surface area contributed by atoms with Crippen molar-refractivity contribution in [2.75, 3.05) is 6.61 Å². The Hall–Kier alpha value is -1.29. The van der Waals surface area contributed by atoms with Crippen LogP contribution >= 0.6 is 15.9 Å². The molecule has 0 amide bonds. The zero-order chi connectivity index (χ0) is 11.5. The molecule has 0 saturated heterocycles. The molecule has 2 aromatic rings. The van der Waals surface area contributed by atoms with Gasteiger partial charge in [-0.2, -0.15) is 0 Å². The summed E-state index contributed by atoms with van der Waals surface area (Å²) >= 11 is 3.45. The highest BCUT2D eigenvalue weighted by molar-refractivity contribution is 9.10. The predicted molar refractivity (Wildman–Crippen MR) is 67.6 cm³/mol. The molecule has 16 heavy (non-hydrogen) atoms. The van der Waals surface area contributed by atoms with Gasteiger partial charge >= 0.3 is 0 Å². The second-order valence-corrected chi connectivity index (χ2v) is 4.24. The number of nitrogens with zero attached hydrogens (tertiary/aromatic N) is 1. The van der Waals surface area contributed by atoms with E-state index in [1.165, 1.54) is 0 Å². The third-order valence-corrected chi connectivity index (χ3v) is 2.79. The maximum Gasteiger partial charge on any atom is 0.119 e. The van der Waals surface area contributed by atoms with Crippen LogP contribution in [0.3, 0.4) is 0 Å². The van der Waals surface area contributed by atoms with Gasteiger partial charge in [0.15, 0.2) is 0 Å². The largest absolute Gasteiger partial charge is 0.494 e. The van der Waals surface area contributed by atoms with Gasteiger partial charge < -0.3 is 9.72 Å². The summed E-state index contributed by atoms with van der Waals surface area (Å²) < 4.78 is 6.30. The number of nitrogens with one attached hydrogen (secondary N) is 1. The van der Waals surface area contributed by atoms with Crippen LogP contribution in [-0.2, 0) is 0 Å². The van der Waals surface area contributed by atoms with Crippen molar-refractivity contribution in [3.05, 3.63) is 34.7 Å². The fourth-order valence-electron chi connectivity index (χ4n) is 1.53. The van der Waals surface area contributed by atoms with E-state index in [4.69, 9.17) is 4.74 Å². The number of benzene rings is 1. The van der Waals surface area contributed by atoms with Gasteiger partial charge in [0.1, 0.15) is 21.9 Å². The number of aryl methyl sites for hydroxylation is 1. The number of aromatic amines is 1. The number of rotatable bonds is 3. The van der Waals surface area contributed by atoms with Crippen LogP contribution in [-0.4, -0.2) is 16.6 Å². The smallest absolute Gasteiger partial charge is 0.119 e. The van der Waals surface area contributed by atoms with Gasteiger partial charge in [0.2, 0.25) is 0 Å². The molecule has 0 aliphatic rings. The van der Waals surface area contributed by atoms with Gasteiger partial charge in [-0.3, -0.25) is 0 Å². The molecule has 0 atom stereocenters. The van der Waals surface area contributed by atoms with Gasteiger partial charge in [0, 0.05) is 5.56 Å². The molecule has 84 valence electrons. The summed E-state index contributed by atoms with van der Waals surface area (Å²) in [5, 5.41) is 0. The fourth-order valence-corrected chi connectivity index (χ4v) is 2.13. The molecule has 1 aromatic carbocycles. The van der Waals surface area contributed by atoms with E-state index in [0.29, 0.717) is 6.61 Å². The van der Waals surface area contributed by atoms with Gasteiger partial charge in [0.25, 0.3) is 0 Å². The third kappa shape index (κ3) is 2.27. The molecule has 1 N–H and O–H groups in total. The van der Waals surface area contributed by atoms with Gasteiger partial charge in [-0.25, -0.2) is 4.98 Å². The zero-order valence-corrected chi connectivity index (χ0v) is 10.8. The lowest BCUT2D eigenvalue weighted by Gasteiger charge is -2.03. The van der Waals surface area contributed by atoms with E-state index in [9.17, 15) is 0 Å². The molecule has 0 unspecified atom stereocenters. The highest BCUT2D eigenvalue weighted by atomic mass is 79.9. The predicted octanol–water partition coefficient (Wildman–Crippen LogP) is 3.55. The van der Waals surface area contributed by atoms with E-state index in [1.807, 2.05) is 38.1 Å². The topological polar surface area (TPSA) is 37.9 Å². The van der Waals surface area contributed by atoms with Crippen molar-refractivity contribution in [3.63, 3.8) is 0 Å². The van der Waals surface area contributed by atoms with Crippen LogP contribution in [0.4, 0.5) is 0 Å². The Morgan fingerprint density at radius 3 is 2.50 bits per heavy atom. The Labute approximate surface area is 103 Å².